The van der Waals surface area contributed by atoms with Crippen LogP contribution in [0.15, 0.2) is 61.2 Å². The van der Waals surface area contributed by atoms with Crippen molar-refractivity contribution in [2.75, 3.05) is 7.11 Å². The van der Waals surface area contributed by atoms with Gasteiger partial charge in [0.15, 0.2) is 11.6 Å². The van der Waals surface area contributed by atoms with E-state index in [9.17, 15) is 13.2 Å². The van der Waals surface area contributed by atoms with Gasteiger partial charge in [-0.25, -0.2) is 13.2 Å². The third kappa shape index (κ3) is 4.05. The Morgan fingerprint density at radius 3 is 2.26 bits per heavy atom. The third-order valence-corrected chi connectivity index (χ3v) is 4.54. The van der Waals surface area contributed by atoms with E-state index in [1.54, 1.807) is 18.2 Å². The molecule has 0 aromatic heterocycles. The maximum Gasteiger partial charge on any atom is 0.166 e. The van der Waals surface area contributed by atoms with Crippen molar-refractivity contribution in [1.29, 1.82) is 0 Å². The summed E-state index contributed by atoms with van der Waals surface area (Å²) in [5.74, 6) is -1.59. The maximum absolute atomic E-state index is 14.2. The molecule has 4 heteroatoms. The molecule has 3 rings (SSSR count). The molecule has 0 aliphatic rings. The van der Waals surface area contributed by atoms with Crippen molar-refractivity contribution >= 4 is 6.08 Å². The molecule has 0 bridgehead atoms. The fraction of sp³-hybridized carbons (Fsp3) is 0.130. The van der Waals surface area contributed by atoms with Gasteiger partial charge >= 0.3 is 0 Å². The van der Waals surface area contributed by atoms with Gasteiger partial charge in [-0.05, 0) is 41.7 Å². The first-order valence-electron chi connectivity index (χ1n) is 8.55. The predicted octanol–water partition coefficient (Wildman–Crippen LogP) is 6.21. The molecule has 27 heavy (non-hydrogen) atoms. The second-order valence-electron chi connectivity index (χ2n) is 6.19. The fourth-order valence-corrected chi connectivity index (χ4v) is 2.94. The molecule has 0 aliphatic carbocycles. The Labute approximate surface area is 156 Å². The number of rotatable bonds is 6. The molecule has 3 aromatic rings. The third-order valence-electron chi connectivity index (χ3n) is 4.54. The van der Waals surface area contributed by atoms with Crippen LogP contribution in [0.1, 0.15) is 16.7 Å². The molecular formula is C23H19F3O. The zero-order chi connectivity index (χ0) is 19.4. The summed E-state index contributed by atoms with van der Waals surface area (Å²) in [6.07, 6.45) is 2.21. The molecule has 0 atom stereocenters. The molecule has 0 saturated heterocycles. The minimum atomic E-state index is -0.868. The standard InChI is InChI=1S/C23H19F3O/c1-3-16-10-11-18(23(26)22(16)25)9-6-15-4-7-17(8-5-15)20-13-12-19(27-2)14-21(20)24/h3-5,7-8,10-14H,1,6,9H2,2H3. The van der Waals surface area contributed by atoms with Crippen LogP contribution in [0.5, 0.6) is 5.75 Å². The summed E-state index contributed by atoms with van der Waals surface area (Å²) < 4.78 is 47.1. The smallest absolute Gasteiger partial charge is 0.166 e. The number of hydrogen-bond donors (Lipinski definition) is 0. The van der Waals surface area contributed by atoms with Crippen molar-refractivity contribution in [3.63, 3.8) is 0 Å². The minimum absolute atomic E-state index is 0.155. The van der Waals surface area contributed by atoms with E-state index >= 15 is 0 Å². The van der Waals surface area contributed by atoms with E-state index in [4.69, 9.17) is 4.74 Å². The van der Waals surface area contributed by atoms with E-state index in [1.165, 1.54) is 25.3 Å². The van der Waals surface area contributed by atoms with Gasteiger partial charge in [-0.3, -0.25) is 0 Å². The van der Waals surface area contributed by atoms with Crippen molar-refractivity contribution < 1.29 is 17.9 Å². The van der Waals surface area contributed by atoms with E-state index in [0.29, 0.717) is 29.7 Å². The number of benzene rings is 3. The SMILES string of the molecule is C=Cc1ccc(CCc2ccc(-c3ccc(OC)cc3F)cc2)c(F)c1F. The second kappa shape index (κ2) is 8.12. The summed E-state index contributed by atoms with van der Waals surface area (Å²) in [6, 6.07) is 15.2. The molecular weight excluding hydrogens is 349 g/mol. The van der Waals surface area contributed by atoms with Crippen molar-refractivity contribution in [2.24, 2.45) is 0 Å². The van der Waals surface area contributed by atoms with Gasteiger partial charge in [0.25, 0.3) is 0 Å². The van der Waals surface area contributed by atoms with Gasteiger partial charge in [-0.15, -0.1) is 0 Å². The summed E-state index contributed by atoms with van der Waals surface area (Å²) in [5, 5.41) is 0. The van der Waals surface area contributed by atoms with E-state index in [-0.39, 0.29) is 11.4 Å². The van der Waals surface area contributed by atoms with Gasteiger partial charge in [0.1, 0.15) is 11.6 Å². The minimum Gasteiger partial charge on any atom is -0.497 e. The highest BCUT2D eigenvalue weighted by molar-refractivity contribution is 5.65. The number of ether oxygens (including phenoxy) is 1. The zero-order valence-corrected chi connectivity index (χ0v) is 14.9. The molecule has 0 heterocycles. The molecule has 0 amide bonds. The predicted molar refractivity (Wildman–Crippen MR) is 102 cm³/mol. The number of halogens is 3. The van der Waals surface area contributed by atoms with Crippen LogP contribution in [0.2, 0.25) is 0 Å². The quantitative estimate of drug-likeness (QED) is 0.503. The Bertz CT molecular complexity index is 962. The number of aryl methyl sites for hydroxylation is 2. The van der Waals surface area contributed by atoms with Crippen molar-refractivity contribution in [3.05, 3.63) is 95.3 Å². The first kappa shape index (κ1) is 18.8. The van der Waals surface area contributed by atoms with Crippen molar-refractivity contribution in [2.45, 2.75) is 12.8 Å². The molecule has 1 nitrogen and oxygen atoms in total. The van der Waals surface area contributed by atoms with Gasteiger partial charge in [-0.1, -0.05) is 49.1 Å². The van der Waals surface area contributed by atoms with E-state index in [1.807, 2.05) is 24.3 Å². The van der Waals surface area contributed by atoms with Crippen LogP contribution in [0, 0.1) is 17.5 Å². The first-order chi connectivity index (χ1) is 13.0. The van der Waals surface area contributed by atoms with Crippen LogP contribution < -0.4 is 4.74 Å². The average molecular weight is 368 g/mol. The van der Waals surface area contributed by atoms with Crippen LogP contribution in [0.3, 0.4) is 0 Å². The topological polar surface area (TPSA) is 9.23 Å². The normalized spacial score (nSPS) is 10.7. The maximum atomic E-state index is 14.2. The highest BCUT2D eigenvalue weighted by Crippen LogP contribution is 2.27. The Morgan fingerprint density at radius 2 is 1.63 bits per heavy atom. The Hall–Kier alpha value is -3.01. The number of hydrogen-bond acceptors (Lipinski definition) is 1. The van der Waals surface area contributed by atoms with Gasteiger partial charge in [0.05, 0.1) is 7.11 Å². The largest absolute Gasteiger partial charge is 0.497 e. The van der Waals surface area contributed by atoms with Crippen molar-refractivity contribution in [3.8, 4) is 16.9 Å². The van der Waals surface area contributed by atoms with Gasteiger partial charge in [0, 0.05) is 17.2 Å². The lowest BCUT2D eigenvalue weighted by molar-refractivity contribution is 0.411. The van der Waals surface area contributed by atoms with Crippen LogP contribution >= 0.6 is 0 Å². The Balaban J connectivity index is 1.73. The Morgan fingerprint density at radius 1 is 0.889 bits per heavy atom. The molecule has 0 spiro atoms. The number of methoxy groups -OCH3 is 1. The lowest BCUT2D eigenvalue weighted by Gasteiger charge is -2.09. The highest BCUT2D eigenvalue weighted by atomic mass is 19.2. The van der Waals surface area contributed by atoms with Gasteiger partial charge in [-0.2, -0.15) is 0 Å². The molecule has 138 valence electrons. The zero-order valence-electron chi connectivity index (χ0n) is 14.9. The summed E-state index contributed by atoms with van der Waals surface area (Å²) >= 11 is 0. The summed E-state index contributed by atoms with van der Waals surface area (Å²) in [7, 11) is 1.49. The van der Waals surface area contributed by atoms with Crippen LogP contribution in [0.4, 0.5) is 13.2 Å². The molecule has 0 radical (unpaired) electrons. The summed E-state index contributed by atoms with van der Waals surface area (Å²) in [4.78, 5) is 0. The average Bonchev–Trinajstić information content (AvgIpc) is 2.69. The Kier molecular flexibility index (Phi) is 5.65. The van der Waals surface area contributed by atoms with E-state index in [0.717, 1.165) is 11.1 Å². The molecule has 0 fully saturated rings. The molecule has 3 aromatic carbocycles. The highest BCUT2D eigenvalue weighted by Gasteiger charge is 2.12. The first-order valence-corrected chi connectivity index (χ1v) is 8.55. The van der Waals surface area contributed by atoms with E-state index in [2.05, 4.69) is 6.58 Å². The van der Waals surface area contributed by atoms with Crippen LogP contribution in [0.25, 0.3) is 17.2 Å². The molecule has 0 aliphatic heterocycles. The molecule has 0 unspecified atom stereocenters. The van der Waals surface area contributed by atoms with Gasteiger partial charge < -0.3 is 4.74 Å². The summed E-state index contributed by atoms with van der Waals surface area (Å²) in [6.45, 7) is 3.46. The lowest BCUT2D eigenvalue weighted by atomic mass is 9.99. The monoisotopic (exact) mass is 368 g/mol. The lowest BCUT2D eigenvalue weighted by Crippen LogP contribution is -1.99. The molecule has 0 saturated carbocycles. The van der Waals surface area contributed by atoms with Crippen LogP contribution in [-0.4, -0.2) is 7.11 Å². The van der Waals surface area contributed by atoms with Crippen LogP contribution in [-0.2, 0) is 12.8 Å². The second-order valence-corrected chi connectivity index (χ2v) is 6.19. The molecule has 0 N–H and O–H groups in total. The van der Waals surface area contributed by atoms with Gasteiger partial charge in [0.2, 0.25) is 0 Å². The van der Waals surface area contributed by atoms with E-state index < -0.39 is 11.6 Å². The summed E-state index contributed by atoms with van der Waals surface area (Å²) in [5.41, 5.74) is 2.66. The van der Waals surface area contributed by atoms with Crippen molar-refractivity contribution in [1.82, 2.24) is 0 Å². The fourth-order valence-electron chi connectivity index (χ4n) is 2.94.